The topological polar surface area (TPSA) is 66.4 Å². The van der Waals surface area contributed by atoms with Crippen molar-refractivity contribution in [1.29, 1.82) is 0 Å². The highest BCUT2D eigenvalue weighted by Crippen LogP contribution is 1.94. The maximum absolute atomic E-state index is 8.73. The lowest BCUT2D eigenvalue weighted by Gasteiger charge is -2.09. The van der Waals surface area contributed by atoms with Gasteiger partial charge in [0.25, 0.3) is 0 Å². The van der Waals surface area contributed by atoms with Gasteiger partial charge < -0.3 is 28.8 Å². The van der Waals surface area contributed by atoms with Crippen molar-refractivity contribution in [2.75, 3.05) is 62.0 Å². The molecule has 0 heterocycles. The lowest BCUT2D eigenvalue weighted by Crippen LogP contribution is -2.15. The molecule has 0 aromatic carbocycles. The Morgan fingerprint density at radius 2 is 1.13 bits per heavy atom. The van der Waals surface area contributed by atoms with Crippen LogP contribution in [0.4, 0.5) is 0 Å². The summed E-state index contributed by atoms with van der Waals surface area (Å²) in [7, 11) is 8.37. The van der Waals surface area contributed by atoms with E-state index in [0.717, 1.165) is 26.1 Å². The summed E-state index contributed by atoms with van der Waals surface area (Å²) in [6, 6.07) is 0. The van der Waals surface area contributed by atoms with Crippen LogP contribution in [-0.2, 0) is 23.7 Å². The van der Waals surface area contributed by atoms with Crippen LogP contribution < -0.4 is 0 Å². The number of hydrogen-bond donors (Lipinski definition) is 1. The van der Waals surface area contributed by atoms with Gasteiger partial charge in [0.05, 0.1) is 38.6 Å². The van der Waals surface area contributed by atoms with Crippen LogP contribution in [0, 0.1) is 5.92 Å². The Kier molecular flexibility index (Phi) is 28.8. The zero-order valence-electron chi connectivity index (χ0n) is 16.5. The van der Waals surface area contributed by atoms with Crippen molar-refractivity contribution in [3.8, 4) is 0 Å². The predicted octanol–water partition coefficient (Wildman–Crippen LogP) is 2.38. The molecule has 0 aliphatic rings. The summed E-state index contributed by atoms with van der Waals surface area (Å²) in [6.07, 6.45) is 1.79. The van der Waals surface area contributed by atoms with Crippen LogP contribution in [-0.4, -0.2) is 79.3 Å². The van der Waals surface area contributed by atoms with Crippen LogP contribution in [0.1, 0.15) is 33.6 Å². The largest absolute Gasteiger partial charge is 0.391 e. The van der Waals surface area contributed by atoms with Gasteiger partial charge in [-0.05, 0) is 12.8 Å². The van der Waals surface area contributed by atoms with E-state index in [4.69, 9.17) is 24.1 Å². The first-order valence-corrected chi connectivity index (χ1v) is 8.13. The number of ether oxygens (including phenoxy) is 5. The fourth-order valence-corrected chi connectivity index (χ4v) is 1.47. The van der Waals surface area contributed by atoms with E-state index >= 15 is 0 Å². The van der Waals surface area contributed by atoms with Gasteiger partial charge in [-0.1, -0.05) is 20.8 Å². The third-order valence-corrected chi connectivity index (χ3v) is 2.87. The van der Waals surface area contributed by atoms with Gasteiger partial charge in [-0.25, -0.2) is 0 Å². The van der Waals surface area contributed by atoms with Crippen LogP contribution >= 0.6 is 0 Å². The van der Waals surface area contributed by atoms with Crippen LogP contribution in [0.15, 0.2) is 0 Å². The van der Waals surface area contributed by atoms with Gasteiger partial charge in [0.15, 0.2) is 0 Å². The minimum Gasteiger partial charge on any atom is -0.391 e. The average molecular weight is 341 g/mol. The molecule has 0 bridgehead atoms. The van der Waals surface area contributed by atoms with Crippen molar-refractivity contribution >= 4 is 0 Å². The third-order valence-electron chi connectivity index (χ3n) is 2.87. The molecule has 0 rings (SSSR count). The first-order chi connectivity index (χ1) is 11.0. The summed E-state index contributed by atoms with van der Waals surface area (Å²) in [4.78, 5) is 0. The number of aliphatic hydroxyl groups is 1. The normalized spacial score (nSPS) is 12.8. The van der Waals surface area contributed by atoms with Gasteiger partial charge in [0.2, 0.25) is 0 Å². The van der Waals surface area contributed by atoms with Crippen molar-refractivity contribution < 1.29 is 28.8 Å². The monoisotopic (exact) mass is 340 g/mol. The van der Waals surface area contributed by atoms with E-state index in [-0.39, 0.29) is 12.2 Å². The molecule has 0 spiro atoms. The summed E-state index contributed by atoms with van der Waals surface area (Å²) < 4.78 is 24.3. The molecule has 0 fully saturated rings. The van der Waals surface area contributed by atoms with Crippen molar-refractivity contribution in [2.24, 2.45) is 5.92 Å². The van der Waals surface area contributed by atoms with Gasteiger partial charge >= 0.3 is 0 Å². The first-order valence-electron chi connectivity index (χ1n) is 8.13. The molecule has 2 atom stereocenters. The molecule has 6 nitrogen and oxygen atoms in total. The zero-order chi connectivity index (χ0) is 18.5. The number of methoxy groups -OCH3 is 5. The summed E-state index contributed by atoms with van der Waals surface area (Å²) in [6.45, 7) is 8.81. The standard InChI is InChI=1S/2C6H14O2.C5H12O2/c1-6(4-7-2)5-8-3;1-4-6(8-3)5-7-2;1-3-5(6)4-7-2/h2*6H,4-5H2,1-3H3;5-6H,3-4H2,1-2H3. The van der Waals surface area contributed by atoms with Crippen molar-refractivity contribution in [2.45, 2.75) is 45.8 Å². The van der Waals surface area contributed by atoms with Gasteiger partial charge in [0.1, 0.15) is 0 Å². The molecule has 0 saturated carbocycles. The Morgan fingerprint density at radius 1 is 0.696 bits per heavy atom. The summed E-state index contributed by atoms with van der Waals surface area (Å²) >= 11 is 0. The molecule has 23 heavy (non-hydrogen) atoms. The highest BCUT2D eigenvalue weighted by molar-refractivity contribution is 4.49. The number of aliphatic hydroxyl groups excluding tert-OH is 1. The van der Waals surface area contributed by atoms with E-state index in [9.17, 15) is 0 Å². The Bertz CT molecular complexity index is 182. The third kappa shape index (κ3) is 26.9. The highest BCUT2D eigenvalue weighted by Gasteiger charge is 2.00. The Hall–Kier alpha value is -0.240. The minimum absolute atomic E-state index is 0.273. The molecule has 0 aromatic heterocycles. The lowest BCUT2D eigenvalue weighted by molar-refractivity contribution is 0.0265. The molecule has 0 amide bonds. The fourth-order valence-electron chi connectivity index (χ4n) is 1.47. The summed E-state index contributed by atoms with van der Waals surface area (Å²) in [5.41, 5.74) is 0. The Labute approximate surface area is 143 Å². The van der Waals surface area contributed by atoms with Crippen molar-refractivity contribution in [3.63, 3.8) is 0 Å². The molecule has 0 radical (unpaired) electrons. The predicted molar refractivity (Wildman–Crippen MR) is 94.1 cm³/mol. The highest BCUT2D eigenvalue weighted by atomic mass is 16.5. The van der Waals surface area contributed by atoms with Gasteiger partial charge in [-0.2, -0.15) is 0 Å². The maximum atomic E-state index is 8.73. The molecule has 2 unspecified atom stereocenters. The van der Waals surface area contributed by atoms with Crippen LogP contribution in [0.2, 0.25) is 0 Å². The fraction of sp³-hybridized carbons (Fsp3) is 1.00. The molecular weight excluding hydrogens is 300 g/mol. The molecule has 1 N–H and O–H groups in total. The average Bonchev–Trinajstić information content (AvgIpc) is 2.54. The zero-order valence-corrected chi connectivity index (χ0v) is 16.5. The van der Waals surface area contributed by atoms with Crippen molar-refractivity contribution in [1.82, 2.24) is 0 Å². The summed E-state index contributed by atoms with van der Waals surface area (Å²) in [5.74, 6) is 0.519. The van der Waals surface area contributed by atoms with Gasteiger partial charge in [0, 0.05) is 41.5 Å². The number of hydrogen-bond acceptors (Lipinski definition) is 6. The molecule has 6 heteroatoms. The second kappa shape index (κ2) is 24.0. The molecule has 0 saturated heterocycles. The van der Waals surface area contributed by atoms with E-state index < -0.39 is 0 Å². The first kappa shape index (κ1) is 27.6. The van der Waals surface area contributed by atoms with E-state index in [1.165, 1.54) is 0 Å². The molecular formula is C17H40O6. The maximum Gasteiger partial charge on any atom is 0.0801 e. The molecule has 0 aliphatic carbocycles. The second-order valence-corrected chi connectivity index (χ2v) is 5.25. The van der Waals surface area contributed by atoms with Crippen molar-refractivity contribution in [3.05, 3.63) is 0 Å². The lowest BCUT2D eigenvalue weighted by atomic mass is 10.2. The van der Waals surface area contributed by atoms with E-state index in [1.54, 1.807) is 35.5 Å². The van der Waals surface area contributed by atoms with Crippen LogP contribution in [0.25, 0.3) is 0 Å². The second-order valence-electron chi connectivity index (χ2n) is 5.25. The summed E-state index contributed by atoms with van der Waals surface area (Å²) in [5, 5.41) is 8.73. The molecule has 0 aliphatic heterocycles. The van der Waals surface area contributed by atoms with E-state index in [1.807, 2.05) is 6.92 Å². The minimum atomic E-state index is -0.273. The van der Waals surface area contributed by atoms with E-state index in [2.05, 4.69) is 18.6 Å². The molecule has 0 aromatic rings. The van der Waals surface area contributed by atoms with Crippen LogP contribution in [0.5, 0.6) is 0 Å². The van der Waals surface area contributed by atoms with Crippen LogP contribution in [0.3, 0.4) is 0 Å². The smallest absolute Gasteiger partial charge is 0.0801 e. The van der Waals surface area contributed by atoms with Gasteiger partial charge in [-0.15, -0.1) is 0 Å². The Morgan fingerprint density at radius 3 is 1.30 bits per heavy atom. The number of rotatable bonds is 11. The Balaban J connectivity index is -0.000000262. The molecule has 144 valence electrons. The SMILES string of the molecule is CCC(COC)OC.CCC(O)COC.COCC(C)COC. The quantitative estimate of drug-likeness (QED) is 0.623. The van der Waals surface area contributed by atoms with Gasteiger partial charge in [-0.3, -0.25) is 0 Å². The van der Waals surface area contributed by atoms with E-state index in [0.29, 0.717) is 19.1 Å².